The van der Waals surface area contributed by atoms with Gasteiger partial charge < -0.3 is 0 Å². The summed E-state index contributed by atoms with van der Waals surface area (Å²) in [6, 6.07) is 2.22. The Balaban J connectivity index is 2.72. The summed E-state index contributed by atoms with van der Waals surface area (Å²) in [6.45, 7) is 3.91. The molecule has 1 fully saturated rings. The number of carbonyl (C=O) groups is 1. The van der Waals surface area contributed by atoms with E-state index in [1.807, 2.05) is 13.8 Å². The molecule has 0 aromatic rings. The number of ketones is 1. The maximum atomic E-state index is 11.1. The molecular formula is C9H13NO. The fourth-order valence-electron chi connectivity index (χ4n) is 1.89. The Labute approximate surface area is 67.2 Å². The molecule has 1 rings (SSSR count). The average molecular weight is 151 g/mol. The number of nitriles is 1. The highest BCUT2D eigenvalue weighted by molar-refractivity contribution is 5.80. The predicted molar refractivity (Wildman–Crippen MR) is 41.7 cm³/mol. The fourth-order valence-corrected chi connectivity index (χ4v) is 1.89. The van der Waals surface area contributed by atoms with Crippen LogP contribution in [-0.4, -0.2) is 5.78 Å². The van der Waals surface area contributed by atoms with E-state index in [1.165, 1.54) is 0 Å². The van der Waals surface area contributed by atoms with Crippen LogP contribution in [0.2, 0.25) is 0 Å². The maximum Gasteiger partial charge on any atom is 0.134 e. The maximum absolute atomic E-state index is 11.1. The molecular weight excluding hydrogens is 138 g/mol. The van der Waals surface area contributed by atoms with Crippen LogP contribution in [0, 0.1) is 22.7 Å². The Bertz CT molecular complexity index is 216. The third kappa shape index (κ3) is 1.80. The molecule has 2 atom stereocenters. The summed E-state index contributed by atoms with van der Waals surface area (Å²) in [6.07, 6.45) is 1.99. The molecule has 1 aliphatic rings. The molecule has 0 aliphatic heterocycles. The monoisotopic (exact) mass is 151 g/mol. The van der Waals surface area contributed by atoms with Crippen molar-refractivity contribution in [2.45, 2.75) is 33.1 Å². The van der Waals surface area contributed by atoms with Gasteiger partial charge in [-0.1, -0.05) is 6.92 Å². The van der Waals surface area contributed by atoms with Crippen molar-refractivity contribution in [3.8, 4) is 6.07 Å². The van der Waals surface area contributed by atoms with Gasteiger partial charge in [0.2, 0.25) is 0 Å². The minimum atomic E-state index is -0.380. The molecule has 60 valence electrons. The zero-order valence-corrected chi connectivity index (χ0v) is 7.05. The van der Waals surface area contributed by atoms with Gasteiger partial charge in [-0.15, -0.1) is 0 Å². The molecule has 0 aromatic heterocycles. The molecule has 0 amide bonds. The SMILES string of the molecule is C[C@H]1CC(=O)C[C@](C)(C#N)C1. The minimum absolute atomic E-state index is 0.243. The molecule has 11 heavy (non-hydrogen) atoms. The molecule has 0 bridgehead atoms. The second-order valence-electron chi connectivity index (χ2n) is 3.90. The van der Waals surface area contributed by atoms with Crippen molar-refractivity contribution in [1.29, 1.82) is 5.26 Å². The van der Waals surface area contributed by atoms with Crippen molar-refractivity contribution >= 4 is 5.78 Å². The highest BCUT2D eigenvalue weighted by atomic mass is 16.1. The summed E-state index contributed by atoms with van der Waals surface area (Å²) in [5.41, 5.74) is -0.380. The van der Waals surface area contributed by atoms with E-state index in [-0.39, 0.29) is 11.2 Å². The van der Waals surface area contributed by atoms with Crippen LogP contribution in [0.25, 0.3) is 0 Å². The Hall–Kier alpha value is -0.840. The van der Waals surface area contributed by atoms with E-state index in [2.05, 4.69) is 6.07 Å². The van der Waals surface area contributed by atoms with Crippen LogP contribution in [0.4, 0.5) is 0 Å². The summed E-state index contributed by atoms with van der Waals surface area (Å²) in [5.74, 6) is 0.633. The van der Waals surface area contributed by atoms with E-state index in [1.54, 1.807) is 0 Å². The van der Waals surface area contributed by atoms with E-state index < -0.39 is 0 Å². The second kappa shape index (κ2) is 2.65. The van der Waals surface area contributed by atoms with E-state index in [0.29, 0.717) is 18.8 Å². The first-order valence-electron chi connectivity index (χ1n) is 3.99. The van der Waals surface area contributed by atoms with Crippen molar-refractivity contribution in [2.75, 3.05) is 0 Å². The molecule has 0 N–H and O–H groups in total. The van der Waals surface area contributed by atoms with Gasteiger partial charge in [-0.2, -0.15) is 5.26 Å². The van der Waals surface area contributed by atoms with Crippen LogP contribution >= 0.6 is 0 Å². The molecule has 1 aliphatic carbocycles. The second-order valence-corrected chi connectivity index (χ2v) is 3.90. The summed E-state index contributed by atoms with van der Waals surface area (Å²) in [4.78, 5) is 11.1. The van der Waals surface area contributed by atoms with Crippen molar-refractivity contribution in [3.05, 3.63) is 0 Å². The average Bonchev–Trinajstić information content (AvgIpc) is 1.84. The lowest BCUT2D eigenvalue weighted by atomic mass is 9.72. The molecule has 0 aromatic carbocycles. The van der Waals surface area contributed by atoms with Crippen LogP contribution in [0.1, 0.15) is 33.1 Å². The number of carbonyl (C=O) groups excluding carboxylic acids is 1. The molecule has 0 saturated heterocycles. The van der Waals surface area contributed by atoms with Gasteiger partial charge in [-0.05, 0) is 19.3 Å². The third-order valence-electron chi connectivity index (χ3n) is 2.23. The van der Waals surface area contributed by atoms with Crippen molar-refractivity contribution in [1.82, 2.24) is 0 Å². The molecule has 2 nitrogen and oxygen atoms in total. The molecule has 1 saturated carbocycles. The van der Waals surface area contributed by atoms with Crippen LogP contribution < -0.4 is 0 Å². The first kappa shape index (κ1) is 8.26. The van der Waals surface area contributed by atoms with Crippen LogP contribution in [0.3, 0.4) is 0 Å². The Morgan fingerprint density at radius 2 is 2.36 bits per heavy atom. The van der Waals surface area contributed by atoms with Crippen molar-refractivity contribution < 1.29 is 4.79 Å². The molecule has 0 unspecified atom stereocenters. The summed E-state index contributed by atoms with van der Waals surface area (Å²) < 4.78 is 0. The van der Waals surface area contributed by atoms with Crippen LogP contribution in [0.15, 0.2) is 0 Å². The summed E-state index contributed by atoms with van der Waals surface area (Å²) in [5, 5.41) is 8.78. The lowest BCUT2D eigenvalue weighted by molar-refractivity contribution is -0.123. The summed E-state index contributed by atoms with van der Waals surface area (Å²) >= 11 is 0. The largest absolute Gasteiger partial charge is 0.300 e. The molecule has 0 heterocycles. The minimum Gasteiger partial charge on any atom is -0.300 e. The topological polar surface area (TPSA) is 40.9 Å². The normalized spacial score (nSPS) is 38.3. The number of rotatable bonds is 0. The first-order valence-corrected chi connectivity index (χ1v) is 3.99. The van der Waals surface area contributed by atoms with Gasteiger partial charge >= 0.3 is 0 Å². The lowest BCUT2D eigenvalue weighted by Gasteiger charge is -2.29. The van der Waals surface area contributed by atoms with Gasteiger partial charge in [0.25, 0.3) is 0 Å². The van der Waals surface area contributed by atoms with E-state index >= 15 is 0 Å². The number of nitrogens with zero attached hydrogens (tertiary/aromatic N) is 1. The molecule has 0 radical (unpaired) electrons. The lowest BCUT2D eigenvalue weighted by Crippen LogP contribution is -2.28. The van der Waals surface area contributed by atoms with Gasteiger partial charge in [0.1, 0.15) is 5.78 Å². The Morgan fingerprint density at radius 3 is 2.82 bits per heavy atom. The third-order valence-corrected chi connectivity index (χ3v) is 2.23. The Morgan fingerprint density at radius 1 is 1.73 bits per heavy atom. The smallest absolute Gasteiger partial charge is 0.134 e. The molecule has 2 heteroatoms. The zero-order valence-electron chi connectivity index (χ0n) is 7.05. The first-order chi connectivity index (χ1) is 5.06. The molecule has 0 spiro atoms. The number of Topliss-reactive ketones (excluding diaryl/α,β-unsaturated/α-hetero) is 1. The van der Waals surface area contributed by atoms with Gasteiger partial charge in [0.15, 0.2) is 0 Å². The van der Waals surface area contributed by atoms with E-state index in [0.717, 1.165) is 6.42 Å². The number of hydrogen-bond acceptors (Lipinski definition) is 2. The zero-order chi connectivity index (χ0) is 8.48. The van der Waals surface area contributed by atoms with Gasteiger partial charge in [0, 0.05) is 12.8 Å². The van der Waals surface area contributed by atoms with Gasteiger partial charge in [-0.3, -0.25) is 4.79 Å². The highest BCUT2D eigenvalue weighted by Gasteiger charge is 2.34. The summed E-state index contributed by atoms with van der Waals surface area (Å²) in [7, 11) is 0. The standard InChI is InChI=1S/C9H13NO/c1-7-3-8(11)5-9(2,4-7)6-10/h7H,3-5H2,1-2H3/t7-,9+/m0/s1. The quantitative estimate of drug-likeness (QED) is 0.530. The van der Waals surface area contributed by atoms with Crippen LogP contribution in [0.5, 0.6) is 0 Å². The fraction of sp³-hybridized carbons (Fsp3) is 0.778. The van der Waals surface area contributed by atoms with Gasteiger partial charge in [-0.25, -0.2) is 0 Å². The predicted octanol–water partition coefficient (Wildman–Crippen LogP) is 1.91. The van der Waals surface area contributed by atoms with E-state index in [9.17, 15) is 4.79 Å². The van der Waals surface area contributed by atoms with Crippen LogP contribution in [-0.2, 0) is 4.79 Å². The van der Waals surface area contributed by atoms with Crippen molar-refractivity contribution in [3.63, 3.8) is 0 Å². The van der Waals surface area contributed by atoms with E-state index in [4.69, 9.17) is 5.26 Å². The Kier molecular flexibility index (Phi) is 1.99. The van der Waals surface area contributed by atoms with Crippen molar-refractivity contribution in [2.24, 2.45) is 11.3 Å². The highest BCUT2D eigenvalue weighted by Crippen LogP contribution is 2.36. The van der Waals surface area contributed by atoms with Gasteiger partial charge in [0.05, 0.1) is 11.5 Å². The number of hydrogen-bond donors (Lipinski definition) is 0.